The molecule has 0 saturated heterocycles. The number of nitro benzene ring substituents is 1. The van der Waals surface area contributed by atoms with Gasteiger partial charge in [-0.3, -0.25) is 10.1 Å². The van der Waals surface area contributed by atoms with E-state index in [4.69, 9.17) is 5.11 Å². The molecule has 8 nitrogen and oxygen atoms in total. The molecule has 1 heterocycles. The number of aromatic carboxylic acids is 1. The molecule has 0 radical (unpaired) electrons. The summed E-state index contributed by atoms with van der Waals surface area (Å²) < 4.78 is 1.72. The van der Waals surface area contributed by atoms with Gasteiger partial charge >= 0.3 is 5.97 Å². The van der Waals surface area contributed by atoms with Crippen LogP contribution in [0.2, 0.25) is 0 Å². The van der Waals surface area contributed by atoms with Crippen molar-refractivity contribution in [2.45, 2.75) is 6.92 Å². The molecule has 0 amide bonds. The van der Waals surface area contributed by atoms with Gasteiger partial charge in [0.1, 0.15) is 0 Å². The van der Waals surface area contributed by atoms with Gasteiger partial charge in [0.05, 0.1) is 16.8 Å². The van der Waals surface area contributed by atoms with Gasteiger partial charge in [0.25, 0.3) is 5.69 Å². The summed E-state index contributed by atoms with van der Waals surface area (Å²) in [4.78, 5) is 21.1. The van der Waals surface area contributed by atoms with E-state index in [0.717, 1.165) is 0 Å². The first-order valence-electron chi connectivity index (χ1n) is 5.00. The predicted octanol–water partition coefficient (Wildman–Crippen LogP) is 1.94. The third-order valence-electron chi connectivity index (χ3n) is 2.42. The van der Waals surface area contributed by atoms with Gasteiger partial charge in [-0.2, -0.15) is 0 Å². The summed E-state index contributed by atoms with van der Waals surface area (Å²) in [5.41, 5.74) is 0.511. The molecule has 0 aliphatic rings. The number of nitro groups is 1. The Morgan fingerprint density at radius 3 is 2.74 bits per heavy atom. The van der Waals surface area contributed by atoms with Gasteiger partial charge in [0.2, 0.25) is 0 Å². The summed E-state index contributed by atoms with van der Waals surface area (Å²) in [6.07, 6.45) is 1.18. The van der Waals surface area contributed by atoms with Gasteiger partial charge in [0, 0.05) is 16.1 Å². The highest BCUT2D eigenvalue weighted by molar-refractivity contribution is 9.10. The van der Waals surface area contributed by atoms with Gasteiger partial charge in [-0.15, -0.1) is 5.10 Å². The third-order valence-corrected chi connectivity index (χ3v) is 3.06. The summed E-state index contributed by atoms with van der Waals surface area (Å²) in [6.45, 7) is 1.61. The lowest BCUT2D eigenvalue weighted by atomic mass is 10.2. The molecule has 1 aromatic carbocycles. The van der Waals surface area contributed by atoms with E-state index in [9.17, 15) is 14.9 Å². The van der Waals surface area contributed by atoms with Crippen LogP contribution in [0.5, 0.6) is 0 Å². The molecule has 0 saturated carbocycles. The number of halogens is 1. The molecule has 0 unspecified atom stereocenters. The lowest BCUT2D eigenvalue weighted by molar-refractivity contribution is -0.385. The second-order valence-corrected chi connectivity index (χ2v) is 4.56. The molecule has 0 atom stereocenters. The largest absolute Gasteiger partial charge is 0.476 e. The van der Waals surface area contributed by atoms with Gasteiger partial charge in [-0.25, -0.2) is 9.48 Å². The van der Waals surface area contributed by atoms with Crippen molar-refractivity contribution in [3.05, 3.63) is 44.2 Å². The van der Waals surface area contributed by atoms with E-state index in [0.29, 0.717) is 15.7 Å². The zero-order chi connectivity index (χ0) is 14.2. The Kier molecular flexibility index (Phi) is 3.30. The zero-order valence-electron chi connectivity index (χ0n) is 9.57. The number of nitrogens with zero attached hydrogens (tertiary/aromatic N) is 4. The van der Waals surface area contributed by atoms with E-state index < -0.39 is 10.9 Å². The van der Waals surface area contributed by atoms with E-state index >= 15 is 0 Å². The van der Waals surface area contributed by atoms with Crippen molar-refractivity contribution in [2.75, 3.05) is 0 Å². The molecule has 1 aromatic heterocycles. The summed E-state index contributed by atoms with van der Waals surface area (Å²) in [6, 6.07) is 2.87. The molecule has 1 N–H and O–H groups in total. The molecule has 19 heavy (non-hydrogen) atoms. The highest BCUT2D eigenvalue weighted by Gasteiger charge is 2.17. The molecular weight excluding hydrogens is 320 g/mol. The number of benzene rings is 1. The Balaban J connectivity index is 2.57. The zero-order valence-corrected chi connectivity index (χ0v) is 11.2. The standard InChI is InChI=1S/C10H7BrN4O4/c1-5-2-6(11)9(3-8(5)15(18)19)14-4-7(10(16)17)12-13-14/h2-4H,1H3,(H,16,17). The second kappa shape index (κ2) is 4.76. The van der Waals surface area contributed by atoms with Crippen LogP contribution in [-0.4, -0.2) is 31.0 Å². The molecular formula is C10H7BrN4O4. The maximum absolute atomic E-state index is 10.9. The fourth-order valence-corrected chi connectivity index (χ4v) is 2.14. The van der Waals surface area contributed by atoms with E-state index in [1.54, 1.807) is 13.0 Å². The lowest BCUT2D eigenvalue weighted by Gasteiger charge is -2.05. The number of carbonyl (C=O) groups is 1. The number of carboxylic acid groups (broad SMARTS) is 1. The number of rotatable bonds is 3. The number of hydrogen-bond donors (Lipinski definition) is 1. The third kappa shape index (κ3) is 2.45. The number of carboxylic acids is 1. The van der Waals surface area contributed by atoms with E-state index in [1.807, 2.05) is 0 Å². The number of aromatic nitrogens is 3. The van der Waals surface area contributed by atoms with Crippen molar-refractivity contribution in [3.63, 3.8) is 0 Å². The Morgan fingerprint density at radius 2 is 2.21 bits per heavy atom. The average molecular weight is 327 g/mol. The summed E-state index contributed by atoms with van der Waals surface area (Å²) in [5, 5.41) is 26.7. The summed E-state index contributed by atoms with van der Waals surface area (Å²) >= 11 is 3.25. The molecule has 0 bridgehead atoms. The maximum Gasteiger partial charge on any atom is 0.358 e. The minimum Gasteiger partial charge on any atom is -0.476 e. The van der Waals surface area contributed by atoms with E-state index in [2.05, 4.69) is 26.2 Å². The van der Waals surface area contributed by atoms with Crippen molar-refractivity contribution < 1.29 is 14.8 Å². The van der Waals surface area contributed by atoms with Crippen LogP contribution >= 0.6 is 15.9 Å². The minimum atomic E-state index is -1.22. The van der Waals surface area contributed by atoms with Crippen molar-refractivity contribution >= 4 is 27.6 Å². The molecule has 0 fully saturated rings. The highest BCUT2D eigenvalue weighted by Crippen LogP contribution is 2.29. The van der Waals surface area contributed by atoms with Crippen molar-refractivity contribution in [1.29, 1.82) is 0 Å². The van der Waals surface area contributed by atoms with Crippen LogP contribution in [0.4, 0.5) is 5.69 Å². The van der Waals surface area contributed by atoms with Crippen LogP contribution in [0.25, 0.3) is 5.69 Å². The van der Waals surface area contributed by atoms with Crippen LogP contribution in [0, 0.1) is 17.0 Å². The summed E-state index contributed by atoms with van der Waals surface area (Å²) in [5.74, 6) is -1.22. The first kappa shape index (κ1) is 13.1. The molecule has 0 aliphatic heterocycles. The quantitative estimate of drug-likeness (QED) is 0.681. The Bertz CT molecular complexity index is 682. The van der Waals surface area contributed by atoms with Crippen molar-refractivity contribution in [2.24, 2.45) is 0 Å². The van der Waals surface area contributed by atoms with Crippen LogP contribution < -0.4 is 0 Å². The number of aryl methyl sites for hydroxylation is 1. The fourth-order valence-electron chi connectivity index (χ4n) is 1.50. The van der Waals surface area contributed by atoms with Crippen LogP contribution in [0.1, 0.15) is 16.1 Å². The maximum atomic E-state index is 10.9. The summed E-state index contributed by atoms with van der Waals surface area (Å²) in [7, 11) is 0. The molecule has 9 heteroatoms. The Morgan fingerprint density at radius 1 is 1.53 bits per heavy atom. The van der Waals surface area contributed by atoms with Gasteiger partial charge in [-0.1, -0.05) is 5.21 Å². The average Bonchev–Trinajstić information content (AvgIpc) is 2.77. The predicted molar refractivity (Wildman–Crippen MR) is 67.4 cm³/mol. The van der Waals surface area contributed by atoms with Crippen LogP contribution in [0.3, 0.4) is 0 Å². The number of hydrogen-bond acceptors (Lipinski definition) is 5. The topological polar surface area (TPSA) is 111 Å². The highest BCUT2D eigenvalue weighted by atomic mass is 79.9. The van der Waals surface area contributed by atoms with Crippen molar-refractivity contribution in [1.82, 2.24) is 15.0 Å². The Labute approximate surface area is 114 Å². The smallest absolute Gasteiger partial charge is 0.358 e. The van der Waals surface area contributed by atoms with Gasteiger partial charge < -0.3 is 5.11 Å². The molecule has 2 aromatic rings. The molecule has 0 spiro atoms. The van der Waals surface area contributed by atoms with Crippen LogP contribution in [0.15, 0.2) is 22.8 Å². The first-order chi connectivity index (χ1) is 8.90. The Hall–Kier alpha value is -2.29. The van der Waals surface area contributed by atoms with E-state index in [1.165, 1.54) is 16.9 Å². The van der Waals surface area contributed by atoms with Gasteiger partial charge in [-0.05, 0) is 28.9 Å². The monoisotopic (exact) mass is 326 g/mol. The molecule has 2 rings (SSSR count). The van der Waals surface area contributed by atoms with Crippen molar-refractivity contribution in [3.8, 4) is 5.69 Å². The minimum absolute atomic E-state index is 0.0782. The first-order valence-corrected chi connectivity index (χ1v) is 5.80. The lowest BCUT2D eigenvalue weighted by Crippen LogP contribution is -2.00. The fraction of sp³-hybridized carbons (Fsp3) is 0.100. The molecule has 0 aliphatic carbocycles. The van der Waals surface area contributed by atoms with E-state index in [-0.39, 0.29) is 11.4 Å². The van der Waals surface area contributed by atoms with Gasteiger partial charge in [0.15, 0.2) is 5.69 Å². The molecule has 98 valence electrons. The van der Waals surface area contributed by atoms with Crippen LogP contribution in [-0.2, 0) is 0 Å². The SMILES string of the molecule is Cc1cc(Br)c(-n2cc(C(=O)O)nn2)cc1[N+](=O)[O-]. The second-order valence-electron chi connectivity index (χ2n) is 3.70. The normalized spacial score (nSPS) is 10.4.